The summed E-state index contributed by atoms with van der Waals surface area (Å²) in [4.78, 5) is 45.3. The number of methoxy groups -OCH3 is 1. The van der Waals surface area contributed by atoms with E-state index >= 15 is 0 Å². The Bertz CT molecular complexity index is 1590. The van der Waals surface area contributed by atoms with Crippen molar-refractivity contribution in [2.24, 2.45) is 0 Å². The molecule has 0 fully saturated rings. The van der Waals surface area contributed by atoms with Crippen LogP contribution in [-0.2, 0) is 17.8 Å². The Morgan fingerprint density at radius 3 is 1.82 bits per heavy atom. The molecular weight excluding hydrogens is 566 g/mol. The maximum atomic E-state index is 14.2. The van der Waals surface area contributed by atoms with Gasteiger partial charge in [0, 0.05) is 43.9 Å². The molecule has 234 valence electrons. The molecule has 45 heavy (non-hydrogen) atoms. The molecule has 0 radical (unpaired) electrons. The van der Waals surface area contributed by atoms with Gasteiger partial charge in [-0.05, 0) is 67.0 Å². The molecule has 4 aromatic rings. The summed E-state index contributed by atoms with van der Waals surface area (Å²) < 4.78 is 5.34. The molecule has 8 heteroatoms. The van der Waals surface area contributed by atoms with Gasteiger partial charge in [-0.25, -0.2) is 0 Å². The highest BCUT2D eigenvalue weighted by atomic mass is 16.5. The number of amides is 2. The van der Waals surface area contributed by atoms with Crippen LogP contribution in [0.15, 0.2) is 103 Å². The number of carbonyl (C=O) groups excluding carboxylic acids is 2. The Kier molecular flexibility index (Phi) is 11.9. The van der Waals surface area contributed by atoms with Gasteiger partial charge in [0.2, 0.25) is 0 Å². The maximum absolute atomic E-state index is 14.2. The first kappa shape index (κ1) is 33.0. The lowest BCUT2D eigenvalue weighted by Crippen LogP contribution is -2.36. The van der Waals surface area contributed by atoms with E-state index in [1.54, 1.807) is 30.2 Å². The van der Waals surface area contributed by atoms with E-state index < -0.39 is 5.97 Å². The van der Waals surface area contributed by atoms with Crippen LogP contribution >= 0.6 is 0 Å². The molecule has 0 spiro atoms. The minimum atomic E-state index is -0.977. The second-order valence-electron chi connectivity index (χ2n) is 11.1. The summed E-state index contributed by atoms with van der Waals surface area (Å²) in [6.45, 7) is 2.06. The summed E-state index contributed by atoms with van der Waals surface area (Å²) in [7, 11) is 5.56. The van der Waals surface area contributed by atoms with Gasteiger partial charge < -0.3 is 24.5 Å². The molecule has 0 aliphatic heterocycles. The fraction of sp³-hybridized carbons (Fsp3) is 0.270. The summed E-state index contributed by atoms with van der Waals surface area (Å²) in [5.41, 5.74) is 4.20. The Labute approximate surface area is 265 Å². The number of carbonyl (C=O) groups is 3. The lowest BCUT2D eigenvalue weighted by Gasteiger charge is -2.27. The van der Waals surface area contributed by atoms with Gasteiger partial charge in [0.15, 0.2) is 0 Å². The van der Waals surface area contributed by atoms with Crippen LogP contribution in [0, 0.1) is 0 Å². The first-order valence-corrected chi connectivity index (χ1v) is 15.1. The first-order valence-electron chi connectivity index (χ1n) is 15.1. The van der Waals surface area contributed by atoms with Gasteiger partial charge in [-0.3, -0.25) is 14.4 Å². The summed E-state index contributed by atoms with van der Waals surface area (Å²) in [6.07, 6.45) is 0.349. The molecular formula is C37H41N3O5. The SMILES string of the molecule is COc1cccc(CCN(CCC(=O)O)C(=O)c2ccccc2-c2ccccc2C(=O)N(CCN(C)C)Cc2ccccc2)c1. The average Bonchev–Trinajstić information content (AvgIpc) is 3.06. The van der Waals surface area contributed by atoms with Crippen molar-refractivity contribution in [2.45, 2.75) is 19.4 Å². The molecule has 4 aromatic carbocycles. The predicted molar refractivity (Wildman–Crippen MR) is 176 cm³/mol. The van der Waals surface area contributed by atoms with Gasteiger partial charge in [-0.15, -0.1) is 0 Å². The maximum Gasteiger partial charge on any atom is 0.305 e. The Hall–Kier alpha value is -4.95. The zero-order chi connectivity index (χ0) is 32.2. The van der Waals surface area contributed by atoms with Crippen LogP contribution in [-0.4, -0.2) is 85.0 Å². The molecule has 0 atom stereocenters. The van der Waals surface area contributed by atoms with E-state index in [1.165, 1.54) is 0 Å². The molecule has 0 aliphatic rings. The Morgan fingerprint density at radius 2 is 1.22 bits per heavy atom. The van der Waals surface area contributed by atoms with Crippen molar-refractivity contribution in [3.63, 3.8) is 0 Å². The lowest BCUT2D eigenvalue weighted by molar-refractivity contribution is -0.137. The summed E-state index contributed by atoms with van der Waals surface area (Å²) >= 11 is 0. The molecule has 0 aromatic heterocycles. The van der Waals surface area contributed by atoms with E-state index in [0.29, 0.717) is 54.9 Å². The number of likely N-dealkylation sites (N-methyl/N-ethyl adjacent to an activating group) is 1. The third kappa shape index (κ3) is 9.27. The largest absolute Gasteiger partial charge is 0.497 e. The summed E-state index contributed by atoms with van der Waals surface area (Å²) in [5, 5.41) is 9.43. The number of hydrogen-bond acceptors (Lipinski definition) is 5. The number of carboxylic acid groups (broad SMARTS) is 1. The Morgan fingerprint density at radius 1 is 0.644 bits per heavy atom. The number of hydrogen-bond donors (Lipinski definition) is 1. The van der Waals surface area contributed by atoms with Gasteiger partial charge >= 0.3 is 5.97 Å². The molecule has 0 unspecified atom stereocenters. The number of nitrogens with zero attached hydrogens (tertiary/aromatic N) is 3. The molecule has 2 amide bonds. The van der Waals surface area contributed by atoms with E-state index in [-0.39, 0.29) is 24.8 Å². The van der Waals surface area contributed by atoms with Gasteiger partial charge in [-0.1, -0.05) is 78.9 Å². The third-order valence-electron chi connectivity index (χ3n) is 7.61. The Balaban J connectivity index is 1.67. The second-order valence-corrected chi connectivity index (χ2v) is 11.1. The van der Waals surface area contributed by atoms with Crippen molar-refractivity contribution in [3.05, 3.63) is 125 Å². The van der Waals surface area contributed by atoms with Gasteiger partial charge in [0.25, 0.3) is 11.8 Å². The number of rotatable bonds is 15. The van der Waals surface area contributed by atoms with Crippen molar-refractivity contribution in [1.29, 1.82) is 0 Å². The summed E-state index contributed by atoms with van der Waals surface area (Å²) in [5.74, 6) is -0.672. The molecule has 0 heterocycles. The van der Waals surface area contributed by atoms with Crippen molar-refractivity contribution in [2.75, 3.05) is 47.4 Å². The van der Waals surface area contributed by atoms with Crippen LogP contribution in [0.2, 0.25) is 0 Å². The number of carboxylic acids is 1. The smallest absolute Gasteiger partial charge is 0.305 e. The van der Waals surface area contributed by atoms with Crippen LogP contribution in [0.25, 0.3) is 11.1 Å². The fourth-order valence-electron chi connectivity index (χ4n) is 5.16. The normalized spacial score (nSPS) is 10.8. The average molecular weight is 608 g/mol. The van der Waals surface area contributed by atoms with E-state index in [4.69, 9.17) is 4.74 Å². The molecule has 0 aliphatic carbocycles. The number of aliphatic carboxylic acids is 1. The van der Waals surface area contributed by atoms with Gasteiger partial charge in [0.1, 0.15) is 5.75 Å². The van der Waals surface area contributed by atoms with Crippen LogP contribution in [0.5, 0.6) is 5.75 Å². The molecule has 0 bridgehead atoms. The fourth-order valence-corrected chi connectivity index (χ4v) is 5.16. The quantitative estimate of drug-likeness (QED) is 0.186. The minimum absolute atomic E-state index is 0.0580. The minimum Gasteiger partial charge on any atom is -0.497 e. The molecule has 4 rings (SSSR count). The third-order valence-corrected chi connectivity index (χ3v) is 7.61. The molecule has 0 saturated carbocycles. The predicted octanol–water partition coefficient (Wildman–Crippen LogP) is 5.73. The van der Waals surface area contributed by atoms with E-state index in [1.807, 2.05) is 109 Å². The first-order chi connectivity index (χ1) is 21.8. The van der Waals surface area contributed by atoms with Gasteiger partial charge in [-0.2, -0.15) is 0 Å². The monoisotopic (exact) mass is 607 g/mol. The zero-order valence-corrected chi connectivity index (χ0v) is 26.2. The summed E-state index contributed by atoms with van der Waals surface area (Å²) in [6, 6.07) is 32.1. The standard InChI is InChI=1S/C37H41N3O5/c1-38(2)24-25-40(27-29-12-5-4-6-13-29)37(44)34-19-10-8-17-32(34)31-16-7-9-18-33(31)36(43)39(23-21-35(41)42)22-20-28-14-11-15-30(26-28)45-3/h4-19,26H,20-25,27H2,1-3H3,(H,41,42). The molecule has 8 nitrogen and oxygen atoms in total. The molecule has 1 N–H and O–H groups in total. The molecule has 0 saturated heterocycles. The topological polar surface area (TPSA) is 90.4 Å². The van der Waals surface area contributed by atoms with Crippen LogP contribution < -0.4 is 4.74 Å². The highest BCUT2D eigenvalue weighted by Gasteiger charge is 2.25. The van der Waals surface area contributed by atoms with Crippen molar-refractivity contribution in [1.82, 2.24) is 14.7 Å². The number of ether oxygens (including phenoxy) is 1. The second kappa shape index (κ2) is 16.2. The highest BCUT2D eigenvalue weighted by Crippen LogP contribution is 2.30. The van der Waals surface area contributed by atoms with Crippen molar-refractivity contribution >= 4 is 17.8 Å². The van der Waals surface area contributed by atoms with Gasteiger partial charge in [0.05, 0.1) is 13.5 Å². The van der Waals surface area contributed by atoms with E-state index in [0.717, 1.165) is 16.9 Å². The van der Waals surface area contributed by atoms with Crippen molar-refractivity contribution < 1.29 is 24.2 Å². The van der Waals surface area contributed by atoms with Crippen molar-refractivity contribution in [3.8, 4) is 16.9 Å². The van der Waals surface area contributed by atoms with E-state index in [2.05, 4.69) is 0 Å². The van der Waals surface area contributed by atoms with Crippen LogP contribution in [0.3, 0.4) is 0 Å². The van der Waals surface area contributed by atoms with E-state index in [9.17, 15) is 19.5 Å². The lowest BCUT2D eigenvalue weighted by atomic mass is 9.93. The zero-order valence-electron chi connectivity index (χ0n) is 26.2. The number of benzene rings is 4. The highest BCUT2D eigenvalue weighted by molar-refractivity contribution is 6.06. The van der Waals surface area contributed by atoms with Crippen LogP contribution in [0.1, 0.15) is 38.3 Å². The van der Waals surface area contributed by atoms with Crippen LogP contribution in [0.4, 0.5) is 0 Å².